The Hall–Kier alpha value is -2.10. The number of anilines is 1. The van der Waals surface area contributed by atoms with Gasteiger partial charge < -0.3 is 4.90 Å². The van der Waals surface area contributed by atoms with Crippen LogP contribution in [0.1, 0.15) is 26.3 Å². The summed E-state index contributed by atoms with van der Waals surface area (Å²) in [6.45, 7) is 8.09. The van der Waals surface area contributed by atoms with Crippen LogP contribution in [0.2, 0.25) is 0 Å². The molecule has 100 valence electrons. The van der Waals surface area contributed by atoms with Crippen LogP contribution >= 0.6 is 0 Å². The number of carbonyl (C=O) groups excluding carboxylic acids is 1. The van der Waals surface area contributed by atoms with Gasteiger partial charge in [0.2, 0.25) is 0 Å². The lowest BCUT2D eigenvalue weighted by atomic mass is 10.1. The van der Waals surface area contributed by atoms with Gasteiger partial charge in [0, 0.05) is 18.8 Å². The summed E-state index contributed by atoms with van der Waals surface area (Å²) in [7, 11) is 0. The van der Waals surface area contributed by atoms with Crippen LogP contribution in [0.3, 0.4) is 0 Å². The predicted molar refractivity (Wildman–Crippen MR) is 79.2 cm³/mol. The van der Waals surface area contributed by atoms with E-state index < -0.39 is 0 Å². The monoisotopic (exact) mass is 257 g/mol. The van der Waals surface area contributed by atoms with Crippen LogP contribution in [0.15, 0.2) is 34.9 Å². The molecule has 1 N–H and O–H groups in total. The standard InChI is InChI=1S/C15H19N3O/c1-4-18(5-2)13-8-6-12(7-9-13)10-14-11(3)16-17-15(14)19/h6-10H,4-5H2,1-3H3,(H,17,19)/b14-10-. The molecule has 1 aromatic rings. The molecular weight excluding hydrogens is 238 g/mol. The summed E-state index contributed by atoms with van der Waals surface area (Å²) in [4.78, 5) is 13.8. The Morgan fingerprint density at radius 2 is 1.84 bits per heavy atom. The largest absolute Gasteiger partial charge is 0.372 e. The van der Waals surface area contributed by atoms with E-state index in [2.05, 4.69) is 41.4 Å². The maximum absolute atomic E-state index is 11.6. The molecule has 1 heterocycles. The molecule has 0 bridgehead atoms. The molecule has 0 saturated heterocycles. The van der Waals surface area contributed by atoms with E-state index in [9.17, 15) is 4.79 Å². The van der Waals surface area contributed by atoms with Gasteiger partial charge in [0.1, 0.15) is 0 Å². The minimum Gasteiger partial charge on any atom is -0.372 e. The lowest BCUT2D eigenvalue weighted by molar-refractivity contribution is -0.116. The van der Waals surface area contributed by atoms with Gasteiger partial charge in [-0.1, -0.05) is 12.1 Å². The minimum absolute atomic E-state index is 0.134. The van der Waals surface area contributed by atoms with Gasteiger partial charge in [0.05, 0.1) is 11.3 Å². The minimum atomic E-state index is -0.134. The fourth-order valence-electron chi connectivity index (χ4n) is 2.13. The average molecular weight is 257 g/mol. The normalized spacial score (nSPS) is 16.5. The number of benzene rings is 1. The Labute approximate surface area is 113 Å². The summed E-state index contributed by atoms with van der Waals surface area (Å²) in [5, 5.41) is 3.91. The molecular formula is C15H19N3O. The quantitative estimate of drug-likeness (QED) is 0.842. The molecule has 2 rings (SSSR count). The zero-order valence-electron chi connectivity index (χ0n) is 11.6. The fourth-order valence-corrected chi connectivity index (χ4v) is 2.13. The summed E-state index contributed by atoms with van der Waals surface area (Å²) < 4.78 is 0. The van der Waals surface area contributed by atoms with Gasteiger partial charge >= 0.3 is 0 Å². The van der Waals surface area contributed by atoms with Crippen LogP contribution in [-0.2, 0) is 4.79 Å². The zero-order valence-corrected chi connectivity index (χ0v) is 11.6. The molecule has 0 radical (unpaired) electrons. The maximum atomic E-state index is 11.6. The van der Waals surface area contributed by atoms with Crippen LogP contribution < -0.4 is 10.3 Å². The topological polar surface area (TPSA) is 44.7 Å². The van der Waals surface area contributed by atoms with Crippen molar-refractivity contribution in [1.82, 2.24) is 5.43 Å². The van der Waals surface area contributed by atoms with Crippen molar-refractivity contribution >= 4 is 23.4 Å². The Balaban J connectivity index is 2.22. The number of hydrogen-bond acceptors (Lipinski definition) is 3. The van der Waals surface area contributed by atoms with E-state index in [1.807, 2.05) is 25.1 Å². The van der Waals surface area contributed by atoms with Crippen LogP contribution in [-0.4, -0.2) is 24.7 Å². The van der Waals surface area contributed by atoms with Crippen molar-refractivity contribution in [2.24, 2.45) is 5.10 Å². The molecule has 1 aromatic carbocycles. The van der Waals surface area contributed by atoms with E-state index in [0.717, 1.165) is 24.4 Å². The molecule has 0 aliphatic carbocycles. The zero-order chi connectivity index (χ0) is 13.8. The van der Waals surface area contributed by atoms with E-state index in [0.29, 0.717) is 5.57 Å². The molecule has 0 saturated carbocycles. The first-order valence-electron chi connectivity index (χ1n) is 6.57. The highest BCUT2D eigenvalue weighted by molar-refractivity contribution is 6.26. The Morgan fingerprint density at radius 1 is 1.21 bits per heavy atom. The number of hydrogen-bond donors (Lipinski definition) is 1. The molecule has 1 amide bonds. The van der Waals surface area contributed by atoms with E-state index in [-0.39, 0.29) is 5.91 Å². The lowest BCUT2D eigenvalue weighted by Gasteiger charge is -2.20. The van der Waals surface area contributed by atoms with Gasteiger partial charge in [-0.15, -0.1) is 0 Å². The molecule has 0 aromatic heterocycles. The average Bonchev–Trinajstić information content (AvgIpc) is 2.74. The third-order valence-corrected chi connectivity index (χ3v) is 3.29. The number of rotatable bonds is 4. The fraction of sp³-hybridized carbons (Fsp3) is 0.333. The van der Waals surface area contributed by atoms with Gasteiger partial charge in [0.25, 0.3) is 5.91 Å². The number of hydrazone groups is 1. The third-order valence-electron chi connectivity index (χ3n) is 3.29. The van der Waals surface area contributed by atoms with Crippen LogP contribution in [0.25, 0.3) is 6.08 Å². The first-order valence-corrected chi connectivity index (χ1v) is 6.57. The Morgan fingerprint density at radius 3 is 2.32 bits per heavy atom. The van der Waals surface area contributed by atoms with Gasteiger partial charge in [-0.2, -0.15) is 5.10 Å². The summed E-state index contributed by atoms with van der Waals surface area (Å²) >= 11 is 0. The van der Waals surface area contributed by atoms with Crippen molar-refractivity contribution < 1.29 is 4.79 Å². The number of carbonyl (C=O) groups is 1. The summed E-state index contributed by atoms with van der Waals surface area (Å²) in [6, 6.07) is 8.22. The maximum Gasteiger partial charge on any atom is 0.273 e. The second-order valence-corrected chi connectivity index (χ2v) is 4.46. The molecule has 19 heavy (non-hydrogen) atoms. The first kappa shape index (κ1) is 13.3. The summed E-state index contributed by atoms with van der Waals surface area (Å²) in [5.74, 6) is -0.134. The van der Waals surface area contributed by atoms with Crippen molar-refractivity contribution in [3.8, 4) is 0 Å². The predicted octanol–water partition coefficient (Wildman–Crippen LogP) is 2.42. The number of nitrogens with one attached hydrogen (secondary N) is 1. The molecule has 1 aliphatic rings. The van der Waals surface area contributed by atoms with Crippen molar-refractivity contribution in [2.45, 2.75) is 20.8 Å². The summed E-state index contributed by atoms with van der Waals surface area (Å²) in [5.41, 5.74) is 6.04. The van der Waals surface area contributed by atoms with Crippen molar-refractivity contribution in [3.63, 3.8) is 0 Å². The van der Waals surface area contributed by atoms with Crippen LogP contribution in [0.4, 0.5) is 5.69 Å². The van der Waals surface area contributed by atoms with Crippen molar-refractivity contribution in [3.05, 3.63) is 35.4 Å². The van der Waals surface area contributed by atoms with E-state index >= 15 is 0 Å². The van der Waals surface area contributed by atoms with Gasteiger partial charge in [-0.25, -0.2) is 5.43 Å². The Kier molecular flexibility index (Phi) is 4.00. The molecule has 0 unspecified atom stereocenters. The second-order valence-electron chi connectivity index (χ2n) is 4.46. The smallest absolute Gasteiger partial charge is 0.273 e. The van der Waals surface area contributed by atoms with Crippen LogP contribution in [0.5, 0.6) is 0 Å². The molecule has 4 heteroatoms. The molecule has 1 aliphatic heterocycles. The van der Waals surface area contributed by atoms with Crippen molar-refractivity contribution in [1.29, 1.82) is 0 Å². The van der Waals surface area contributed by atoms with Gasteiger partial charge in [0.15, 0.2) is 0 Å². The molecule has 4 nitrogen and oxygen atoms in total. The SMILES string of the molecule is CCN(CC)c1ccc(/C=C2\C(=O)NN=C2C)cc1. The van der Waals surface area contributed by atoms with E-state index in [1.54, 1.807) is 0 Å². The van der Waals surface area contributed by atoms with Crippen molar-refractivity contribution in [2.75, 3.05) is 18.0 Å². The molecule has 0 fully saturated rings. The summed E-state index contributed by atoms with van der Waals surface area (Å²) in [6.07, 6.45) is 1.87. The van der Waals surface area contributed by atoms with E-state index in [1.165, 1.54) is 5.69 Å². The molecule has 0 atom stereocenters. The van der Waals surface area contributed by atoms with E-state index in [4.69, 9.17) is 0 Å². The van der Waals surface area contributed by atoms with Gasteiger partial charge in [-0.3, -0.25) is 4.79 Å². The third kappa shape index (κ3) is 2.84. The van der Waals surface area contributed by atoms with Gasteiger partial charge in [-0.05, 0) is 44.5 Å². The highest BCUT2D eigenvalue weighted by Crippen LogP contribution is 2.18. The Bertz CT molecular complexity index is 525. The highest BCUT2D eigenvalue weighted by atomic mass is 16.2. The number of nitrogens with zero attached hydrogens (tertiary/aromatic N) is 2. The number of amides is 1. The lowest BCUT2D eigenvalue weighted by Crippen LogP contribution is -2.21. The second kappa shape index (κ2) is 5.69. The highest BCUT2D eigenvalue weighted by Gasteiger charge is 2.18. The first-order chi connectivity index (χ1) is 9.15. The molecule has 0 spiro atoms. The van der Waals surface area contributed by atoms with Crippen LogP contribution in [0, 0.1) is 0 Å².